The monoisotopic (exact) mass is 576 g/mol. The lowest BCUT2D eigenvalue weighted by molar-refractivity contribution is 0.669. The molecule has 4 heterocycles. The van der Waals surface area contributed by atoms with E-state index in [9.17, 15) is 0 Å². The van der Waals surface area contributed by atoms with Crippen LogP contribution in [0.3, 0.4) is 0 Å². The van der Waals surface area contributed by atoms with Crippen LogP contribution in [0.2, 0.25) is 0 Å². The zero-order chi connectivity index (χ0) is 29.5. The largest absolute Gasteiger partial charge is 0.456 e. The smallest absolute Gasteiger partial charge is 0.144 e. The summed E-state index contributed by atoms with van der Waals surface area (Å²) in [6, 6.07) is 50.6. The zero-order valence-electron chi connectivity index (χ0n) is 24.1. The zero-order valence-corrected chi connectivity index (χ0v) is 24.1. The molecule has 0 radical (unpaired) electrons. The van der Waals surface area contributed by atoms with E-state index in [2.05, 4.69) is 120 Å². The minimum Gasteiger partial charge on any atom is -0.456 e. The Morgan fingerprint density at radius 1 is 0.422 bits per heavy atom. The van der Waals surface area contributed by atoms with Crippen molar-refractivity contribution in [2.24, 2.45) is 0 Å². The molecule has 0 saturated heterocycles. The number of rotatable bonds is 3. The molecular weight excluding hydrogens is 552 g/mol. The molecule has 4 aromatic heterocycles. The Labute approximate surface area is 257 Å². The van der Waals surface area contributed by atoms with Crippen molar-refractivity contribution in [3.8, 4) is 28.2 Å². The lowest BCUT2D eigenvalue weighted by atomic mass is 10.0. The summed E-state index contributed by atoms with van der Waals surface area (Å²) in [5.74, 6) is 0. The first-order chi connectivity index (χ1) is 22.3. The molecule has 10 aromatic rings. The van der Waals surface area contributed by atoms with E-state index < -0.39 is 0 Å². The SMILES string of the molecule is c1ccc(-c2cc(-n3c4ccccc4c4cc5oc6ccccc6c5cc43)cc(-c3cccc4c3oc3ccccc34)n2)cc1. The molecule has 0 amide bonds. The molecule has 0 aliphatic heterocycles. The van der Waals surface area contributed by atoms with E-state index in [0.29, 0.717) is 0 Å². The molecule has 0 fully saturated rings. The van der Waals surface area contributed by atoms with Crippen LogP contribution >= 0.6 is 0 Å². The number of fused-ring (bicyclic) bond motifs is 9. The lowest BCUT2D eigenvalue weighted by Gasteiger charge is -2.13. The van der Waals surface area contributed by atoms with Crippen LogP contribution in [0.25, 0.3) is 93.9 Å². The van der Waals surface area contributed by atoms with Crippen LogP contribution in [0.1, 0.15) is 0 Å². The van der Waals surface area contributed by atoms with Gasteiger partial charge in [-0.15, -0.1) is 0 Å². The average molecular weight is 577 g/mol. The summed E-state index contributed by atoms with van der Waals surface area (Å²) in [6.07, 6.45) is 0. The number of para-hydroxylation sites is 4. The standard InChI is InChI=1S/C41H24N2O2/c1-2-11-25(12-3-1)34-21-26(22-35(42-34)31-17-10-16-30-28-14-5-9-20-39(28)45-41(30)31)43-36-18-7-4-13-27(36)32-24-40-33(23-37(32)43)29-15-6-8-19-38(29)44-40/h1-24H. The fourth-order valence-electron chi connectivity index (χ4n) is 6.95. The van der Waals surface area contributed by atoms with Gasteiger partial charge in [-0.3, -0.25) is 0 Å². The summed E-state index contributed by atoms with van der Waals surface area (Å²) in [5.41, 5.74) is 10.6. The van der Waals surface area contributed by atoms with Gasteiger partial charge in [0.05, 0.1) is 28.1 Å². The Balaban J connectivity index is 1.31. The third kappa shape index (κ3) is 3.57. The predicted molar refractivity (Wildman–Crippen MR) is 184 cm³/mol. The molecule has 10 rings (SSSR count). The molecule has 0 saturated carbocycles. The number of hydrogen-bond donors (Lipinski definition) is 0. The van der Waals surface area contributed by atoms with E-state index >= 15 is 0 Å². The molecule has 0 spiro atoms. The average Bonchev–Trinajstić information content (AvgIpc) is 3.76. The van der Waals surface area contributed by atoms with E-state index in [1.165, 1.54) is 5.39 Å². The molecular formula is C41H24N2O2. The van der Waals surface area contributed by atoms with Gasteiger partial charge in [-0.05, 0) is 48.5 Å². The molecule has 0 unspecified atom stereocenters. The molecule has 45 heavy (non-hydrogen) atoms. The second kappa shape index (κ2) is 9.18. The molecule has 4 heteroatoms. The summed E-state index contributed by atoms with van der Waals surface area (Å²) >= 11 is 0. The third-order valence-electron chi connectivity index (χ3n) is 8.99. The molecule has 6 aromatic carbocycles. The first kappa shape index (κ1) is 24.3. The molecule has 0 bridgehead atoms. The Hall–Kier alpha value is -6.13. The summed E-state index contributed by atoms with van der Waals surface area (Å²) in [6.45, 7) is 0. The highest BCUT2D eigenvalue weighted by Gasteiger charge is 2.19. The fourth-order valence-corrected chi connectivity index (χ4v) is 6.95. The van der Waals surface area contributed by atoms with E-state index in [4.69, 9.17) is 13.8 Å². The van der Waals surface area contributed by atoms with Gasteiger partial charge in [0.15, 0.2) is 0 Å². The molecule has 0 atom stereocenters. The van der Waals surface area contributed by atoms with Crippen molar-refractivity contribution in [1.29, 1.82) is 0 Å². The van der Waals surface area contributed by atoms with Gasteiger partial charge in [0.2, 0.25) is 0 Å². The maximum atomic E-state index is 6.48. The van der Waals surface area contributed by atoms with Gasteiger partial charge in [-0.1, -0.05) is 97.1 Å². The van der Waals surface area contributed by atoms with Gasteiger partial charge in [0, 0.05) is 43.4 Å². The van der Waals surface area contributed by atoms with Gasteiger partial charge < -0.3 is 13.4 Å². The summed E-state index contributed by atoms with van der Waals surface area (Å²) in [4.78, 5) is 5.26. The summed E-state index contributed by atoms with van der Waals surface area (Å²) in [7, 11) is 0. The molecule has 210 valence electrons. The quantitative estimate of drug-likeness (QED) is 0.210. The van der Waals surface area contributed by atoms with Crippen LogP contribution in [-0.4, -0.2) is 9.55 Å². The summed E-state index contributed by atoms with van der Waals surface area (Å²) < 4.78 is 15.2. The molecule has 0 aliphatic rings. The van der Waals surface area contributed by atoms with Gasteiger partial charge in [0.25, 0.3) is 0 Å². The lowest BCUT2D eigenvalue weighted by Crippen LogP contribution is -1.98. The van der Waals surface area contributed by atoms with Crippen LogP contribution in [0.5, 0.6) is 0 Å². The van der Waals surface area contributed by atoms with Gasteiger partial charge in [-0.25, -0.2) is 4.98 Å². The number of nitrogens with zero attached hydrogens (tertiary/aromatic N) is 2. The Morgan fingerprint density at radius 2 is 1.09 bits per heavy atom. The maximum absolute atomic E-state index is 6.48. The van der Waals surface area contributed by atoms with Crippen LogP contribution in [0.4, 0.5) is 0 Å². The second-order valence-corrected chi connectivity index (χ2v) is 11.6. The summed E-state index contributed by atoms with van der Waals surface area (Å²) in [5, 5.41) is 6.73. The fraction of sp³-hybridized carbons (Fsp3) is 0. The van der Waals surface area contributed by atoms with E-state index in [1.807, 2.05) is 30.3 Å². The van der Waals surface area contributed by atoms with Crippen molar-refractivity contribution in [2.75, 3.05) is 0 Å². The van der Waals surface area contributed by atoms with Gasteiger partial charge >= 0.3 is 0 Å². The van der Waals surface area contributed by atoms with Crippen molar-refractivity contribution in [1.82, 2.24) is 9.55 Å². The van der Waals surface area contributed by atoms with Gasteiger partial charge in [-0.2, -0.15) is 0 Å². The van der Waals surface area contributed by atoms with Crippen LogP contribution in [0.15, 0.2) is 154 Å². The predicted octanol–water partition coefficient (Wildman–Crippen LogP) is 11.3. The molecule has 4 nitrogen and oxygen atoms in total. The first-order valence-corrected chi connectivity index (χ1v) is 15.1. The number of benzene rings is 6. The molecule has 0 aliphatic carbocycles. The normalized spacial score (nSPS) is 12.0. The van der Waals surface area contributed by atoms with E-state index in [0.717, 1.165) is 88.5 Å². The van der Waals surface area contributed by atoms with Crippen molar-refractivity contribution in [2.45, 2.75) is 0 Å². The van der Waals surface area contributed by atoms with Gasteiger partial charge in [0.1, 0.15) is 22.3 Å². The topological polar surface area (TPSA) is 44.1 Å². The van der Waals surface area contributed by atoms with E-state index in [-0.39, 0.29) is 0 Å². The maximum Gasteiger partial charge on any atom is 0.144 e. The van der Waals surface area contributed by atoms with Crippen LogP contribution in [-0.2, 0) is 0 Å². The van der Waals surface area contributed by atoms with Crippen molar-refractivity contribution < 1.29 is 8.83 Å². The highest BCUT2D eigenvalue weighted by Crippen LogP contribution is 2.41. The second-order valence-electron chi connectivity index (χ2n) is 11.6. The third-order valence-corrected chi connectivity index (χ3v) is 8.99. The minimum atomic E-state index is 0.844. The number of furan rings is 2. The highest BCUT2D eigenvalue weighted by molar-refractivity contribution is 6.17. The van der Waals surface area contributed by atoms with E-state index in [1.54, 1.807) is 0 Å². The number of hydrogen-bond acceptors (Lipinski definition) is 3. The van der Waals surface area contributed by atoms with Crippen LogP contribution in [0, 0.1) is 0 Å². The van der Waals surface area contributed by atoms with Crippen molar-refractivity contribution in [3.05, 3.63) is 146 Å². The van der Waals surface area contributed by atoms with Crippen molar-refractivity contribution >= 4 is 65.7 Å². The van der Waals surface area contributed by atoms with Crippen LogP contribution < -0.4 is 0 Å². The Kier molecular flexibility index (Phi) is 4.96. The highest BCUT2D eigenvalue weighted by atomic mass is 16.3. The number of pyridine rings is 1. The van der Waals surface area contributed by atoms with Crippen molar-refractivity contribution in [3.63, 3.8) is 0 Å². The Bertz CT molecular complexity index is 2760. The Morgan fingerprint density at radius 3 is 1.93 bits per heavy atom. The first-order valence-electron chi connectivity index (χ1n) is 15.1. The number of aromatic nitrogens is 2. The minimum absolute atomic E-state index is 0.844. The molecule has 0 N–H and O–H groups in total.